The third-order valence-corrected chi connectivity index (χ3v) is 2.74. The molecule has 0 aromatic heterocycles. The molecule has 1 atom stereocenters. The highest BCUT2D eigenvalue weighted by Crippen LogP contribution is 2.06. The van der Waals surface area contributed by atoms with E-state index in [1.165, 1.54) is 0 Å². The van der Waals surface area contributed by atoms with Crippen LogP contribution in [0.15, 0.2) is 24.3 Å². The molecule has 5 N–H and O–H groups in total. The molecule has 1 aromatic rings. The molecule has 0 radical (unpaired) electrons. The average molecular weight is 273 g/mol. The van der Waals surface area contributed by atoms with Crippen LogP contribution in [0, 0.1) is 17.8 Å². The fraction of sp³-hybridized carbons (Fsp3) is 0.333. The van der Waals surface area contributed by atoms with Crippen LogP contribution in [0.5, 0.6) is 0 Å². The van der Waals surface area contributed by atoms with E-state index in [0.29, 0.717) is 5.56 Å². The Morgan fingerprint density at radius 3 is 2.30 bits per heavy atom. The second-order valence-corrected chi connectivity index (χ2v) is 4.68. The summed E-state index contributed by atoms with van der Waals surface area (Å²) in [6.07, 6.45) is 0. The van der Waals surface area contributed by atoms with Crippen LogP contribution in [0.2, 0.25) is 0 Å². The minimum Gasteiger partial charge on any atom is -0.368 e. The molecular formula is C15H19N3O2. The summed E-state index contributed by atoms with van der Waals surface area (Å²) in [5.41, 5.74) is 11.8. The van der Waals surface area contributed by atoms with Gasteiger partial charge in [0.25, 0.3) is 5.91 Å². The average Bonchev–Trinajstić information content (AvgIpc) is 2.42. The first-order chi connectivity index (χ1) is 9.45. The number of carbonyl (C=O) groups is 2. The number of nitrogens with two attached hydrogens (primary N) is 2. The van der Waals surface area contributed by atoms with Crippen molar-refractivity contribution < 1.29 is 9.59 Å². The van der Waals surface area contributed by atoms with Crippen LogP contribution in [0.25, 0.3) is 0 Å². The van der Waals surface area contributed by atoms with Crippen molar-refractivity contribution >= 4 is 11.8 Å². The van der Waals surface area contributed by atoms with Crippen LogP contribution in [-0.2, 0) is 4.79 Å². The number of nitrogens with one attached hydrogen (secondary N) is 1. The summed E-state index contributed by atoms with van der Waals surface area (Å²) in [7, 11) is 0. The Bertz CT molecular complexity index is 538. The molecule has 0 saturated heterocycles. The minimum atomic E-state index is -0.681. The van der Waals surface area contributed by atoms with Gasteiger partial charge in [-0.25, -0.2) is 0 Å². The van der Waals surface area contributed by atoms with Gasteiger partial charge in [0.2, 0.25) is 5.91 Å². The number of carbonyl (C=O) groups excluding carboxylic acids is 2. The predicted molar refractivity (Wildman–Crippen MR) is 77.7 cm³/mol. The molecule has 0 heterocycles. The normalized spacial score (nSPS) is 11.4. The predicted octanol–water partition coefficient (Wildman–Crippen LogP) is 0.237. The Kier molecular flexibility index (Phi) is 5.75. The lowest BCUT2D eigenvalue weighted by atomic mass is 10.0. The lowest BCUT2D eigenvalue weighted by Gasteiger charge is -2.18. The molecule has 1 unspecified atom stereocenters. The molecule has 1 rings (SSSR count). The monoisotopic (exact) mass is 273 g/mol. The van der Waals surface area contributed by atoms with Crippen LogP contribution in [-0.4, -0.2) is 24.4 Å². The van der Waals surface area contributed by atoms with Crippen LogP contribution in [0.4, 0.5) is 0 Å². The lowest BCUT2D eigenvalue weighted by Crippen LogP contribution is -2.47. The van der Waals surface area contributed by atoms with Gasteiger partial charge in [-0.15, -0.1) is 0 Å². The van der Waals surface area contributed by atoms with Gasteiger partial charge < -0.3 is 16.8 Å². The fourth-order valence-electron chi connectivity index (χ4n) is 1.65. The Balaban J connectivity index is 2.80. The van der Waals surface area contributed by atoms with E-state index < -0.39 is 11.9 Å². The summed E-state index contributed by atoms with van der Waals surface area (Å²) in [6.45, 7) is 3.93. The number of hydrogen-bond donors (Lipinski definition) is 3. The molecule has 106 valence electrons. The van der Waals surface area contributed by atoms with Crippen molar-refractivity contribution in [3.8, 4) is 11.8 Å². The topological polar surface area (TPSA) is 98.2 Å². The number of benzene rings is 1. The second kappa shape index (κ2) is 7.31. The van der Waals surface area contributed by atoms with Crippen molar-refractivity contribution in [3.05, 3.63) is 35.4 Å². The summed E-state index contributed by atoms with van der Waals surface area (Å²) in [5.74, 6) is 4.66. The first-order valence-electron chi connectivity index (χ1n) is 6.35. The molecule has 0 aliphatic heterocycles. The van der Waals surface area contributed by atoms with Gasteiger partial charge >= 0.3 is 0 Å². The Morgan fingerprint density at radius 1 is 1.25 bits per heavy atom. The van der Waals surface area contributed by atoms with Crippen LogP contribution in [0.1, 0.15) is 29.8 Å². The van der Waals surface area contributed by atoms with Crippen molar-refractivity contribution in [2.45, 2.75) is 19.9 Å². The largest absolute Gasteiger partial charge is 0.368 e. The van der Waals surface area contributed by atoms with E-state index in [2.05, 4.69) is 17.2 Å². The van der Waals surface area contributed by atoms with E-state index in [9.17, 15) is 9.59 Å². The fourth-order valence-corrected chi connectivity index (χ4v) is 1.65. The van der Waals surface area contributed by atoms with Gasteiger partial charge in [-0.2, -0.15) is 0 Å². The number of hydrogen-bond acceptors (Lipinski definition) is 3. The van der Waals surface area contributed by atoms with Crippen molar-refractivity contribution in [3.63, 3.8) is 0 Å². The van der Waals surface area contributed by atoms with Gasteiger partial charge in [0.1, 0.15) is 6.04 Å². The Morgan fingerprint density at radius 2 is 1.85 bits per heavy atom. The molecule has 0 spiro atoms. The second-order valence-electron chi connectivity index (χ2n) is 4.68. The van der Waals surface area contributed by atoms with Gasteiger partial charge in [-0.3, -0.25) is 9.59 Å². The highest BCUT2D eigenvalue weighted by Gasteiger charge is 2.21. The van der Waals surface area contributed by atoms with E-state index in [-0.39, 0.29) is 18.4 Å². The number of amides is 2. The number of primary amides is 1. The zero-order chi connectivity index (χ0) is 15.1. The van der Waals surface area contributed by atoms with Gasteiger partial charge in [0.15, 0.2) is 0 Å². The molecule has 0 bridgehead atoms. The number of rotatable bonds is 4. The molecule has 0 fully saturated rings. The van der Waals surface area contributed by atoms with E-state index in [4.69, 9.17) is 11.5 Å². The Labute approximate surface area is 118 Å². The molecule has 1 aromatic carbocycles. The maximum Gasteiger partial charge on any atom is 0.251 e. The molecular weight excluding hydrogens is 254 g/mol. The van der Waals surface area contributed by atoms with E-state index in [1.54, 1.807) is 24.3 Å². The Hall–Kier alpha value is -2.32. The van der Waals surface area contributed by atoms with Gasteiger partial charge in [-0.05, 0) is 30.2 Å². The van der Waals surface area contributed by atoms with Gasteiger partial charge in [-0.1, -0.05) is 25.7 Å². The summed E-state index contributed by atoms with van der Waals surface area (Å²) in [5, 5.41) is 2.63. The van der Waals surface area contributed by atoms with E-state index in [1.807, 2.05) is 13.8 Å². The van der Waals surface area contributed by atoms with Crippen molar-refractivity contribution in [1.29, 1.82) is 0 Å². The SMILES string of the molecule is CC(C)C(NC(=O)c1ccc(C#CCN)cc1)C(N)=O. The summed E-state index contributed by atoms with van der Waals surface area (Å²) >= 11 is 0. The third kappa shape index (κ3) is 4.41. The van der Waals surface area contributed by atoms with Crippen LogP contribution < -0.4 is 16.8 Å². The van der Waals surface area contributed by atoms with Crippen molar-refractivity contribution in [2.24, 2.45) is 17.4 Å². The molecule has 0 aliphatic rings. The summed E-state index contributed by atoms with van der Waals surface area (Å²) in [6, 6.07) is 6.07. The van der Waals surface area contributed by atoms with Crippen molar-refractivity contribution in [2.75, 3.05) is 6.54 Å². The minimum absolute atomic E-state index is 0.0638. The summed E-state index contributed by atoms with van der Waals surface area (Å²) in [4.78, 5) is 23.3. The van der Waals surface area contributed by atoms with Gasteiger partial charge in [0.05, 0.1) is 6.54 Å². The maximum absolute atomic E-state index is 12.0. The standard InChI is InChI=1S/C15H19N3O2/c1-10(2)13(14(17)19)18-15(20)12-7-5-11(6-8-12)4-3-9-16/h5-8,10,13H,9,16H2,1-2H3,(H2,17,19)(H,18,20). The van der Waals surface area contributed by atoms with Crippen LogP contribution >= 0.6 is 0 Å². The lowest BCUT2D eigenvalue weighted by molar-refractivity contribution is -0.120. The van der Waals surface area contributed by atoms with Crippen LogP contribution in [0.3, 0.4) is 0 Å². The first-order valence-corrected chi connectivity index (χ1v) is 6.35. The van der Waals surface area contributed by atoms with Gasteiger partial charge in [0, 0.05) is 11.1 Å². The van der Waals surface area contributed by atoms with E-state index in [0.717, 1.165) is 5.56 Å². The molecule has 0 aliphatic carbocycles. The zero-order valence-electron chi connectivity index (χ0n) is 11.6. The smallest absolute Gasteiger partial charge is 0.251 e. The van der Waals surface area contributed by atoms with E-state index >= 15 is 0 Å². The first kappa shape index (κ1) is 15.7. The third-order valence-electron chi connectivity index (χ3n) is 2.74. The zero-order valence-corrected chi connectivity index (χ0v) is 11.6. The maximum atomic E-state index is 12.0. The quantitative estimate of drug-likeness (QED) is 0.685. The summed E-state index contributed by atoms with van der Waals surface area (Å²) < 4.78 is 0. The molecule has 5 heteroatoms. The highest BCUT2D eigenvalue weighted by molar-refractivity contribution is 5.97. The molecule has 20 heavy (non-hydrogen) atoms. The highest BCUT2D eigenvalue weighted by atomic mass is 16.2. The van der Waals surface area contributed by atoms with Crippen molar-refractivity contribution in [1.82, 2.24) is 5.32 Å². The molecule has 5 nitrogen and oxygen atoms in total. The molecule has 0 saturated carbocycles. The molecule has 2 amide bonds.